The van der Waals surface area contributed by atoms with E-state index in [4.69, 9.17) is 0 Å². The largest absolute Gasteiger partial charge is 0.389 e. The lowest BCUT2D eigenvalue weighted by atomic mass is 9.89. The van der Waals surface area contributed by atoms with Crippen LogP contribution in [0.25, 0.3) is 22.0 Å². The Morgan fingerprint density at radius 2 is 1.64 bits per heavy atom. The van der Waals surface area contributed by atoms with Crippen molar-refractivity contribution in [2.24, 2.45) is 5.92 Å². The highest BCUT2D eigenvalue weighted by Crippen LogP contribution is 2.36. The van der Waals surface area contributed by atoms with Gasteiger partial charge in [-0.2, -0.15) is 0 Å². The van der Waals surface area contributed by atoms with E-state index in [1.807, 2.05) is 58.0 Å². The van der Waals surface area contributed by atoms with E-state index in [0.717, 1.165) is 41.7 Å². The van der Waals surface area contributed by atoms with Gasteiger partial charge in [0.25, 0.3) is 5.91 Å². The topological polar surface area (TPSA) is 100 Å². The smallest absolute Gasteiger partial charge is 0.253 e. The quantitative estimate of drug-likeness (QED) is 0.329. The Balaban J connectivity index is 1.85. The second-order valence-corrected chi connectivity index (χ2v) is 14.3. The first-order valence-corrected chi connectivity index (χ1v) is 15.4. The van der Waals surface area contributed by atoms with Gasteiger partial charge < -0.3 is 15.0 Å². The molecule has 3 N–H and O–H groups in total. The molecule has 0 aliphatic heterocycles. The molecule has 1 fully saturated rings. The molecule has 1 aromatic heterocycles. The van der Waals surface area contributed by atoms with Crippen molar-refractivity contribution in [1.29, 1.82) is 0 Å². The van der Waals surface area contributed by atoms with Crippen LogP contribution in [-0.2, 0) is 16.6 Å². The number of carbonyl (C=O) groups excluding carboxylic acids is 1. The zero-order valence-electron chi connectivity index (χ0n) is 24.1. The summed E-state index contributed by atoms with van der Waals surface area (Å²) in [5, 5.41) is 14.5. The molecule has 0 radical (unpaired) electrons. The third kappa shape index (κ3) is 6.91. The van der Waals surface area contributed by atoms with Crippen molar-refractivity contribution < 1.29 is 18.3 Å². The Morgan fingerprint density at radius 1 is 1.00 bits per heavy atom. The van der Waals surface area contributed by atoms with Gasteiger partial charge in [-0.05, 0) is 77.8 Å². The number of rotatable bonds is 8. The molecule has 1 saturated carbocycles. The third-order valence-corrected chi connectivity index (χ3v) is 9.16. The molecule has 1 heterocycles. The minimum Gasteiger partial charge on any atom is -0.389 e. The number of fused-ring (bicyclic) bond motifs is 1. The molecule has 7 nitrogen and oxygen atoms in total. The Hall–Kier alpha value is -2.68. The number of sulfonamides is 1. The Bertz CT molecular complexity index is 1450. The monoisotopic (exact) mass is 553 g/mol. The van der Waals surface area contributed by atoms with E-state index in [9.17, 15) is 18.3 Å². The summed E-state index contributed by atoms with van der Waals surface area (Å²) in [5.41, 5.74) is 1.60. The molecule has 39 heavy (non-hydrogen) atoms. The number of aromatic nitrogens is 1. The minimum atomic E-state index is -3.76. The van der Waals surface area contributed by atoms with Crippen molar-refractivity contribution in [2.75, 3.05) is 6.54 Å². The summed E-state index contributed by atoms with van der Waals surface area (Å²) in [4.78, 5) is 13.5. The predicted molar refractivity (Wildman–Crippen MR) is 157 cm³/mol. The lowest BCUT2D eigenvalue weighted by Gasteiger charge is -2.25. The van der Waals surface area contributed by atoms with E-state index in [-0.39, 0.29) is 17.3 Å². The van der Waals surface area contributed by atoms with E-state index < -0.39 is 21.2 Å². The normalized spacial score (nSPS) is 15.6. The van der Waals surface area contributed by atoms with Crippen molar-refractivity contribution in [2.45, 2.75) is 96.2 Å². The van der Waals surface area contributed by atoms with Gasteiger partial charge in [-0.25, -0.2) is 13.1 Å². The summed E-state index contributed by atoms with van der Waals surface area (Å²) in [7, 11) is -3.76. The molecule has 1 amide bonds. The number of amides is 1. The number of nitrogens with zero attached hydrogens (tertiary/aromatic N) is 1. The molecule has 1 aliphatic rings. The maximum atomic E-state index is 13.3. The Kier molecular flexibility index (Phi) is 8.31. The van der Waals surface area contributed by atoms with Crippen LogP contribution in [0.3, 0.4) is 0 Å². The highest BCUT2D eigenvalue weighted by Gasteiger charge is 2.27. The van der Waals surface area contributed by atoms with Gasteiger partial charge in [0.1, 0.15) is 0 Å². The van der Waals surface area contributed by atoms with Gasteiger partial charge in [-0.1, -0.05) is 49.6 Å². The molecule has 0 atom stereocenters. The number of carbonyl (C=O) groups is 1. The van der Waals surface area contributed by atoms with Crippen LogP contribution in [0.1, 0.15) is 82.8 Å². The van der Waals surface area contributed by atoms with Crippen LogP contribution in [0.4, 0.5) is 0 Å². The lowest BCUT2D eigenvalue weighted by Crippen LogP contribution is -2.40. The van der Waals surface area contributed by atoms with Gasteiger partial charge in [0.15, 0.2) is 0 Å². The summed E-state index contributed by atoms with van der Waals surface area (Å²) in [5.74, 6) is 0.300. The molecule has 1 aliphatic carbocycles. The average Bonchev–Trinajstić information content (AvgIpc) is 3.16. The molecular weight excluding hydrogens is 510 g/mol. The third-order valence-electron chi connectivity index (χ3n) is 7.35. The summed E-state index contributed by atoms with van der Waals surface area (Å²) in [6.07, 6.45) is 6.02. The molecule has 0 spiro atoms. The Morgan fingerprint density at radius 3 is 2.28 bits per heavy atom. The van der Waals surface area contributed by atoms with Crippen LogP contribution in [0.5, 0.6) is 0 Å². The van der Waals surface area contributed by atoms with Crippen molar-refractivity contribution in [3.8, 4) is 11.3 Å². The molecule has 212 valence electrons. The number of benzene rings is 2. The summed E-state index contributed by atoms with van der Waals surface area (Å²) < 4.78 is 31.7. The molecule has 3 aromatic rings. The van der Waals surface area contributed by atoms with Crippen LogP contribution < -0.4 is 10.0 Å². The number of nitrogens with one attached hydrogen (secondary N) is 2. The van der Waals surface area contributed by atoms with Crippen molar-refractivity contribution >= 4 is 26.7 Å². The van der Waals surface area contributed by atoms with Crippen LogP contribution in [0.15, 0.2) is 47.4 Å². The highest BCUT2D eigenvalue weighted by atomic mass is 32.2. The van der Waals surface area contributed by atoms with Gasteiger partial charge in [-0.15, -0.1) is 0 Å². The predicted octanol–water partition coefficient (Wildman–Crippen LogP) is 5.77. The molecule has 8 heteroatoms. The SMILES string of the molecule is Cc1c(C(=O)NCC(C)(C)O)cc(-c2cccc3c(S(=O)(=O)NC(C)(C)C)cccc23)n1CC1CCCCC1. The van der Waals surface area contributed by atoms with Crippen LogP contribution in [0.2, 0.25) is 0 Å². The molecule has 0 saturated heterocycles. The van der Waals surface area contributed by atoms with Gasteiger partial charge in [0.2, 0.25) is 10.0 Å². The van der Waals surface area contributed by atoms with E-state index in [2.05, 4.69) is 14.6 Å². The first-order chi connectivity index (χ1) is 18.2. The average molecular weight is 554 g/mol. The summed E-state index contributed by atoms with van der Waals surface area (Å²) in [6, 6.07) is 13.0. The van der Waals surface area contributed by atoms with Crippen molar-refractivity contribution in [3.63, 3.8) is 0 Å². The zero-order valence-corrected chi connectivity index (χ0v) is 24.9. The standard InChI is InChI=1S/C31H43N3O4S/c1-21-26(29(35)32-20-31(5,6)36)18-27(34(21)19-22-12-8-7-9-13-22)24-15-10-16-25-23(24)14-11-17-28(25)39(37,38)33-30(2,3)4/h10-11,14-18,22,33,36H,7-9,12-13,19-20H2,1-6H3,(H,32,35). The van der Waals surface area contributed by atoms with Crippen LogP contribution in [0, 0.1) is 12.8 Å². The van der Waals surface area contributed by atoms with Gasteiger partial charge in [-0.3, -0.25) is 4.79 Å². The zero-order chi connectivity index (χ0) is 28.6. The van der Waals surface area contributed by atoms with Crippen molar-refractivity contribution in [3.05, 3.63) is 53.7 Å². The second kappa shape index (κ2) is 11.1. The second-order valence-electron chi connectivity index (χ2n) is 12.7. The van der Waals surface area contributed by atoms with E-state index in [1.165, 1.54) is 19.3 Å². The molecule has 2 aromatic carbocycles. The van der Waals surface area contributed by atoms with E-state index in [0.29, 0.717) is 16.9 Å². The molecule has 0 bridgehead atoms. The fourth-order valence-electron chi connectivity index (χ4n) is 5.55. The van der Waals surface area contributed by atoms with Crippen LogP contribution >= 0.6 is 0 Å². The summed E-state index contributed by atoms with van der Waals surface area (Å²) >= 11 is 0. The number of aliphatic hydroxyl groups is 1. The first-order valence-electron chi connectivity index (χ1n) is 13.9. The number of hydrogen-bond donors (Lipinski definition) is 3. The first kappa shape index (κ1) is 29.3. The number of hydrogen-bond acceptors (Lipinski definition) is 4. The molecule has 4 rings (SSSR count). The fourth-order valence-corrected chi connectivity index (χ4v) is 7.19. The van der Waals surface area contributed by atoms with Gasteiger partial charge in [0, 0.05) is 41.0 Å². The van der Waals surface area contributed by atoms with Gasteiger partial charge in [0.05, 0.1) is 16.1 Å². The minimum absolute atomic E-state index is 0.144. The highest BCUT2D eigenvalue weighted by molar-refractivity contribution is 7.89. The molecular formula is C31H43N3O4S. The van der Waals surface area contributed by atoms with Crippen molar-refractivity contribution in [1.82, 2.24) is 14.6 Å². The Labute approximate surface area is 233 Å². The van der Waals surface area contributed by atoms with E-state index in [1.54, 1.807) is 26.0 Å². The van der Waals surface area contributed by atoms with Gasteiger partial charge >= 0.3 is 0 Å². The maximum absolute atomic E-state index is 13.3. The van der Waals surface area contributed by atoms with E-state index >= 15 is 0 Å². The molecule has 0 unspecified atom stereocenters. The fraction of sp³-hybridized carbons (Fsp3) is 0.516. The summed E-state index contributed by atoms with van der Waals surface area (Å²) in [6.45, 7) is 11.7. The lowest BCUT2D eigenvalue weighted by molar-refractivity contribution is 0.0694. The van der Waals surface area contributed by atoms with Crippen LogP contribution in [-0.4, -0.2) is 41.7 Å². The maximum Gasteiger partial charge on any atom is 0.253 e.